The summed E-state index contributed by atoms with van der Waals surface area (Å²) in [5.41, 5.74) is 2.59. The summed E-state index contributed by atoms with van der Waals surface area (Å²) in [5.74, 6) is 2.02. The van der Waals surface area contributed by atoms with Gasteiger partial charge >= 0.3 is 0 Å². The molecule has 2 aromatic rings. The zero-order valence-corrected chi connectivity index (χ0v) is 16.7. The molecule has 1 atom stereocenters. The molecule has 8 nitrogen and oxygen atoms in total. The number of hydrogen-bond acceptors (Lipinski definition) is 5. The molecule has 5 rings (SSSR count). The molecule has 1 amide bonds. The Bertz CT molecular complexity index is 876. The third kappa shape index (κ3) is 4.64. The number of nitrogens with zero attached hydrogens (tertiary/aromatic N) is 4. The van der Waals surface area contributed by atoms with Gasteiger partial charge in [-0.05, 0) is 30.4 Å². The van der Waals surface area contributed by atoms with Crippen molar-refractivity contribution in [1.29, 1.82) is 0 Å². The molecule has 29 heavy (non-hydrogen) atoms. The molecule has 2 aliphatic heterocycles. The van der Waals surface area contributed by atoms with Gasteiger partial charge in [-0.2, -0.15) is 5.10 Å². The molecule has 1 aromatic heterocycles. The summed E-state index contributed by atoms with van der Waals surface area (Å²) < 4.78 is 2.02. The summed E-state index contributed by atoms with van der Waals surface area (Å²) in [7, 11) is 0. The van der Waals surface area contributed by atoms with Crippen molar-refractivity contribution in [2.24, 2.45) is 0 Å². The highest BCUT2D eigenvalue weighted by molar-refractivity contribution is 5.82. The van der Waals surface area contributed by atoms with Crippen LogP contribution in [0, 0.1) is 0 Å². The minimum Gasteiger partial charge on any atom is -0.481 e. The fourth-order valence-electron chi connectivity index (χ4n) is 3.90. The second kappa shape index (κ2) is 8.32. The quantitative estimate of drug-likeness (QED) is 0.793. The predicted molar refractivity (Wildman–Crippen MR) is 106 cm³/mol. The maximum Gasteiger partial charge on any atom is 0.300 e. The van der Waals surface area contributed by atoms with E-state index in [0.29, 0.717) is 5.92 Å². The first-order valence-electron chi connectivity index (χ1n) is 10.2. The zero-order chi connectivity index (χ0) is 20.4. The number of amides is 1. The SMILES string of the molecule is CC(=O)O.O=C([C@H]1Cc2ccccc2CN1)N1CCc2nc(C3CC3)nn2CC1. The van der Waals surface area contributed by atoms with Gasteiger partial charge in [-0.25, -0.2) is 9.67 Å². The van der Waals surface area contributed by atoms with Crippen LogP contribution in [0.3, 0.4) is 0 Å². The molecule has 2 N–H and O–H groups in total. The van der Waals surface area contributed by atoms with Crippen molar-refractivity contribution in [1.82, 2.24) is 25.0 Å². The minimum absolute atomic E-state index is 0.115. The van der Waals surface area contributed by atoms with Crippen LogP contribution in [0.4, 0.5) is 0 Å². The van der Waals surface area contributed by atoms with Gasteiger partial charge in [-0.3, -0.25) is 9.59 Å². The zero-order valence-electron chi connectivity index (χ0n) is 16.7. The fraction of sp³-hybridized carbons (Fsp3) is 0.524. The summed E-state index contributed by atoms with van der Waals surface area (Å²) in [6.45, 7) is 4.07. The smallest absolute Gasteiger partial charge is 0.300 e. The third-order valence-electron chi connectivity index (χ3n) is 5.59. The third-order valence-corrected chi connectivity index (χ3v) is 5.59. The number of benzene rings is 1. The Hall–Kier alpha value is -2.74. The summed E-state index contributed by atoms with van der Waals surface area (Å²) in [6, 6.07) is 8.27. The van der Waals surface area contributed by atoms with Gasteiger partial charge in [0.05, 0.1) is 12.6 Å². The van der Waals surface area contributed by atoms with Crippen LogP contribution in [-0.2, 0) is 35.5 Å². The van der Waals surface area contributed by atoms with E-state index >= 15 is 0 Å². The maximum atomic E-state index is 13.0. The molecule has 1 aromatic carbocycles. The van der Waals surface area contributed by atoms with Crippen molar-refractivity contribution < 1.29 is 14.7 Å². The molecule has 1 saturated carbocycles. The molecule has 1 fully saturated rings. The molecule has 0 spiro atoms. The summed E-state index contributed by atoms with van der Waals surface area (Å²) in [5, 5.41) is 15.5. The topological polar surface area (TPSA) is 100 Å². The summed E-state index contributed by atoms with van der Waals surface area (Å²) in [6.07, 6.45) is 4.03. The highest BCUT2D eigenvalue weighted by Gasteiger charge is 2.32. The molecule has 154 valence electrons. The Kier molecular flexibility index (Phi) is 5.62. The number of carbonyl (C=O) groups excluding carboxylic acids is 1. The largest absolute Gasteiger partial charge is 0.481 e. The summed E-state index contributed by atoms with van der Waals surface area (Å²) >= 11 is 0. The highest BCUT2D eigenvalue weighted by Crippen LogP contribution is 2.38. The van der Waals surface area contributed by atoms with Gasteiger partial charge in [0.2, 0.25) is 5.91 Å². The second-order valence-electron chi connectivity index (χ2n) is 7.88. The van der Waals surface area contributed by atoms with Crippen LogP contribution >= 0.6 is 0 Å². The van der Waals surface area contributed by atoms with E-state index in [1.807, 2.05) is 9.58 Å². The lowest BCUT2D eigenvalue weighted by Crippen LogP contribution is -2.50. The Balaban J connectivity index is 0.000000472. The van der Waals surface area contributed by atoms with Gasteiger partial charge in [0.1, 0.15) is 5.82 Å². The Morgan fingerprint density at radius 3 is 2.59 bits per heavy atom. The van der Waals surface area contributed by atoms with Gasteiger partial charge in [0.25, 0.3) is 5.97 Å². The van der Waals surface area contributed by atoms with Crippen LogP contribution < -0.4 is 5.32 Å². The number of aliphatic carboxylic acids is 1. The standard InChI is InChI=1S/C19H23N5O.C2H4O2/c25-19(16-11-14-3-1-2-4-15(14)12-20-16)23-8-7-17-21-18(13-5-6-13)22-24(17)10-9-23;1-2(3)4/h1-4,13,16,20H,5-12H2;1H3,(H,3,4)/t16-;/m1./s1. The van der Waals surface area contributed by atoms with Crippen molar-refractivity contribution in [3.63, 3.8) is 0 Å². The van der Waals surface area contributed by atoms with E-state index in [1.165, 1.54) is 24.0 Å². The van der Waals surface area contributed by atoms with E-state index in [4.69, 9.17) is 14.9 Å². The van der Waals surface area contributed by atoms with Gasteiger partial charge < -0.3 is 15.3 Å². The van der Waals surface area contributed by atoms with Crippen molar-refractivity contribution in [3.8, 4) is 0 Å². The molecule has 0 radical (unpaired) electrons. The van der Waals surface area contributed by atoms with Crippen molar-refractivity contribution in [2.75, 3.05) is 13.1 Å². The van der Waals surface area contributed by atoms with Crippen molar-refractivity contribution in [2.45, 2.75) is 57.7 Å². The first kappa shape index (κ1) is 19.6. The first-order chi connectivity index (χ1) is 14.0. The van der Waals surface area contributed by atoms with E-state index < -0.39 is 5.97 Å². The van der Waals surface area contributed by atoms with Crippen molar-refractivity contribution in [3.05, 3.63) is 47.0 Å². The Morgan fingerprint density at radius 1 is 1.14 bits per heavy atom. The number of rotatable bonds is 2. The van der Waals surface area contributed by atoms with Crippen LogP contribution in [0.25, 0.3) is 0 Å². The lowest BCUT2D eigenvalue weighted by Gasteiger charge is -2.30. The molecule has 1 aliphatic carbocycles. The number of nitrogens with one attached hydrogen (secondary N) is 1. The highest BCUT2D eigenvalue weighted by atomic mass is 16.4. The van der Waals surface area contributed by atoms with Crippen LogP contribution in [0.1, 0.15) is 48.5 Å². The number of carboxylic acid groups (broad SMARTS) is 1. The maximum absolute atomic E-state index is 13.0. The van der Waals surface area contributed by atoms with Crippen molar-refractivity contribution >= 4 is 11.9 Å². The molecule has 8 heteroatoms. The van der Waals surface area contributed by atoms with Crippen LogP contribution in [0.2, 0.25) is 0 Å². The molecule has 0 unspecified atom stereocenters. The van der Waals surface area contributed by atoms with Gasteiger partial charge in [-0.1, -0.05) is 24.3 Å². The van der Waals surface area contributed by atoms with E-state index in [1.54, 1.807) is 0 Å². The lowest BCUT2D eigenvalue weighted by atomic mass is 9.95. The number of aromatic nitrogens is 3. The average Bonchev–Trinajstić information content (AvgIpc) is 3.51. The fourth-order valence-corrected chi connectivity index (χ4v) is 3.90. The van der Waals surface area contributed by atoms with E-state index in [9.17, 15) is 4.79 Å². The summed E-state index contributed by atoms with van der Waals surface area (Å²) in [4.78, 5) is 28.7. The number of carbonyl (C=O) groups is 2. The Labute approximate surface area is 169 Å². The van der Waals surface area contributed by atoms with Gasteiger partial charge in [0.15, 0.2) is 5.82 Å². The van der Waals surface area contributed by atoms with Gasteiger partial charge in [0, 0.05) is 38.9 Å². The number of fused-ring (bicyclic) bond motifs is 2. The lowest BCUT2D eigenvalue weighted by molar-refractivity contribution is -0.135. The molecular formula is C21H27N5O3. The predicted octanol–water partition coefficient (Wildman–Crippen LogP) is 1.35. The van der Waals surface area contributed by atoms with E-state index in [0.717, 1.165) is 57.6 Å². The van der Waals surface area contributed by atoms with Crippen LogP contribution in [-0.4, -0.2) is 55.8 Å². The van der Waals surface area contributed by atoms with Crippen LogP contribution in [0.15, 0.2) is 24.3 Å². The molecule has 0 bridgehead atoms. The molecule has 0 saturated heterocycles. The Morgan fingerprint density at radius 2 is 1.86 bits per heavy atom. The first-order valence-corrected chi connectivity index (χ1v) is 10.2. The normalized spacial score (nSPS) is 20.6. The van der Waals surface area contributed by atoms with Crippen LogP contribution in [0.5, 0.6) is 0 Å². The average molecular weight is 397 g/mol. The van der Waals surface area contributed by atoms with Gasteiger partial charge in [-0.15, -0.1) is 0 Å². The monoisotopic (exact) mass is 397 g/mol. The molecular weight excluding hydrogens is 370 g/mol. The number of hydrogen-bond donors (Lipinski definition) is 2. The molecule has 3 heterocycles. The minimum atomic E-state index is -0.833. The molecule has 3 aliphatic rings. The van der Waals surface area contributed by atoms with E-state index in [-0.39, 0.29) is 11.9 Å². The second-order valence-corrected chi connectivity index (χ2v) is 7.88. The van der Waals surface area contributed by atoms with E-state index in [2.05, 4.69) is 34.7 Å². The number of carboxylic acids is 1.